The fourth-order valence-corrected chi connectivity index (χ4v) is 6.44. The van der Waals surface area contributed by atoms with Gasteiger partial charge in [-0.1, -0.05) is 0 Å². The van der Waals surface area contributed by atoms with E-state index in [-0.39, 0.29) is 29.7 Å². The van der Waals surface area contributed by atoms with Gasteiger partial charge in [-0.15, -0.1) is 0 Å². The van der Waals surface area contributed by atoms with Gasteiger partial charge in [0.1, 0.15) is 18.1 Å². The van der Waals surface area contributed by atoms with Crippen LogP contribution in [-0.2, 0) is 19.2 Å². The number of hydrogen-bond acceptors (Lipinski definition) is 6. The number of nitrogens with one attached hydrogen (secondary N) is 2. The highest BCUT2D eigenvalue weighted by Gasteiger charge is 2.46. The Morgan fingerprint density at radius 1 is 0.529 bits per heavy atom. The molecule has 0 aromatic rings. The number of carbonyl (C=O) groups excluding carboxylic acids is 4. The van der Waals surface area contributed by atoms with E-state index in [0.29, 0.717) is 52.0 Å². The van der Waals surface area contributed by atoms with Gasteiger partial charge >= 0.3 is 0 Å². The lowest BCUT2D eigenvalue weighted by atomic mass is 10.1. The Bertz CT molecular complexity index is 809. The summed E-state index contributed by atoms with van der Waals surface area (Å²) in [5.74, 6) is -0.120. The predicted octanol–water partition coefficient (Wildman–Crippen LogP) is -0.857. The normalized spacial score (nSPS) is 32.0. The van der Waals surface area contributed by atoms with Gasteiger partial charge in [0.25, 0.3) is 0 Å². The van der Waals surface area contributed by atoms with Crippen LogP contribution in [0.3, 0.4) is 0 Å². The Morgan fingerprint density at radius 2 is 1.03 bits per heavy atom. The molecule has 0 spiro atoms. The van der Waals surface area contributed by atoms with Crippen molar-refractivity contribution in [2.24, 2.45) is 0 Å². The minimum Gasteiger partial charge on any atom is -0.338 e. The second-order valence-electron chi connectivity index (χ2n) is 10.3. The van der Waals surface area contributed by atoms with Gasteiger partial charge in [-0.3, -0.25) is 19.2 Å². The highest BCUT2D eigenvalue weighted by Crippen LogP contribution is 2.29. The molecule has 0 radical (unpaired) electrons. The lowest BCUT2D eigenvalue weighted by Crippen LogP contribution is -2.58. The van der Waals surface area contributed by atoms with Crippen LogP contribution < -0.4 is 10.6 Å². The number of hydrogen-bond donors (Lipinski definition) is 2. The Morgan fingerprint density at radius 3 is 1.53 bits per heavy atom. The lowest BCUT2D eigenvalue weighted by molar-refractivity contribution is -0.152. The number of nitrogens with zero attached hydrogens (tertiary/aromatic N) is 4. The molecule has 5 heterocycles. The van der Waals surface area contributed by atoms with E-state index in [0.717, 1.165) is 51.7 Å². The van der Waals surface area contributed by atoms with Crippen molar-refractivity contribution in [1.82, 2.24) is 30.2 Å². The SMILES string of the molecule is O=C(C1CCCN1C(=O)C1CCCN1C(=O)C1CCCN1C(=O)C1CCCN1)N1CCNCC1. The van der Waals surface area contributed by atoms with Crippen molar-refractivity contribution in [3.63, 3.8) is 0 Å². The van der Waals surface area contributed by atoms with Crippen molar-refractivity contribution in [2.45, 2.75) is 75.5 Å². The van der Waals surface area contributed by atoms with E-state index in [1.54, 1.807) is 14.7 Å². The van der Waals surface area contributed by atoms with Crippen LogP contribution in [0, 0.1) is 0 Å². The molecule has 4 amide bonds. The van der Waals surface area contributed by atoms with Gasteiger partial charge in [0.15, 0.2) is 0 Å². The molecule has 0 aliphatic carbocycles. The Labute approximate surface area is 201 Å². The summed E-state index contributed by atoms with van der Waals surface area (Å²) in [6, 6.07) is -1.60. The fourth-order valence-electron chi connectivity index (χ4n) is 6.44. The topological polar surface area (TPSA) is 105 Å². The molecule has 0 saturated carbocycles. The van der Waals surface area contributed by atoms with Crippen molar-refractivity contribution in [2.75, 3.05) is 52.4 Å². The van der Waals surface area contributed by atoms with Crippen molar-refractivity contribution in [1.29, 1.82) is 0 Å². The van der Waals surface area contributed by atoms with Crippen LogP contribution >= 0.6 is 0 Å². The first-order valence-electron chi connectivity index (χ1n) is 13.2. The molecule has 5 saturated heterocycles. The molecule has 0 aromatic carbocycles. The molecular formula is C24H38N6O4. The first-order chi connectivity index (χ1) is 16.6. The molecule has 10 heteroatoms. The smallest absolute Gasteiger partial charge is 0.246 e. The molecule has 5 aliphatic heterocycles. The summed E-state index contributed by atoms with van der Waals surface area (Å²) in [6.45, 7) is 5.47. The lowest BCUT2D eigenvalue weighted by Gasteiger charge is -2.36. The third-order valence-electron chi connectivity index (χ3n) is 8.25. The molecule has 5 fully saturated rings. The summed E-state index contributed by atoms with van der Waals surface area (Å²) in [4.78, 5) is 60.6. The van der Waals surface area contributed by atoms with E-state index in [2.05, 4.69) is 10.6 Å². The van der Waals surface area contributed by atoms with Crippen LogP contribution in [0.5, 0.6) is 0 Å². The van der Waals surface area contributed by atoms with E-state index in [1.807, 2.05) is 4.90 Å². The molecule has 10 nitrogen and oxygen atoms in total. The summed E-state index contributed by atoms with van der Waals surface area (Å²) in [5.41, 5.74) is 0. The zero-order valence-corrected chi connectivity index (χ0v) is 20.0. The molecular weight excluding hydrogens is 436 g/mol. The van der Waals surface area contributed by atoms with Crippen molar-refractivity contribution < 1.29 is 19.2 Å². The third-order valence-corrected chi connectivity index (χ3v) is 8.25. The average molecular weight is 475 g/mol. The van der Waals surface area contributed by atoms with Gasteiger partial charge in [-0.25, -0.2) is 0 Å². The molecule has 0 bridgehead atoms. The number of carbonyl (C=O) groups is 4. The average Bonchev–Trinajstić information content (AvgIpc) is 3.69. The maximum atomic E-state index is 13.7. The van der Waals surface area contributed by atoms with Crippen LogP contribution in [0.4, 0.5) is 0 Å². The predicted molar refractivity (Wildman–Crippen MR) is 125 cm³/mol. The van der Waals surface area contributed by atoms with Crippen LogP contribution in [0.2, 0.25) is 0 Å². The minimum atomic E-state index is -0.522. The van der Waals surface area contributed by atoms with E-state index in [4.69, 9.17) is 0 Å². The largest absolute Gasteiger partial charge is 0.338 e. The monoisotopic (exact) mass is 474 g/mol. The van der Waals surface area contributed by atoms with Gasteiger partial charge in [0.05, 0.1) is 6.04 Å². The second kappa shape index (κ2) is 10.2. The molecule has 4 atom stereocenters. The molecule has 34 heavy (non-hydrogen) atoms. The van der Waals surface area contributed by atoms with Gasteiger partial charge in [0.2, 0.25) is 23.6 Å². The molecule has 2 N–H and O–H groups in total. The van der Waals surface area contributed by atoms with Gasteiger partial charge in [0, 0.05) is 45.8 Å². The van der Waals surface area contributed by atoms with Gasteiger partial charge in [-0.05, 0) is 57.9 Å². The molecule has 0 aromatic heterocycles. The number of likely N-dealkylation sites (tertiary alicyclic amines) is 3. The molecule has 4 unspecified atom stereocenters. The van der Waals surface area contributed by atoms with Gasteiger partial charge < -0.3 is 30.2 Å². The van der Waals surface area contributed by atoms with E-state index < -0.39 is 18.1 Å². The standard InChI is InChI=1S/C24H38N6O4/c31-21(17-5-1-9-26-17)28-12-3-7-19(28)23(33)30-14-4-8-20(30)24(34)29-13-2-6-18(29)22(32)27-15-10-25-11-16-27/h17-20,25-26H,1-16H2. The van der Waals surface area contributed by atoms with E-state index in [1.165, 1.54) is 0 Å². The molecule has 5 rings (SSSR count). The maximum Gasteiger partial charge on any atom is 0.246 e. The Balaban J connectivity index is 1.26. The van der Waals surface area contributed by atoms with Crippen molar-refractivity contribution in [3.05, 3.63) is 0 Å². The summed E-state index contributed by atoms with van der Waals surface area (Å²) in [6.07, 6.45) is 6.17. The number of amides is 4. The Hall–Kier alpha value is -2.20. The first-order valence-corrected chi connectivity index (χ1v) is 13.2. The highest BCUT2D eigenvalue weighted by atomic mass is 16.2. The fraction of sp³-hybridized carbons (Fsp3) is 0.833. The zero-order valence-electron chi connectivity index (χ0n) is 20.0. The Kier molecular flexibility index (Phi) is 7.06. The van der Waals surface area contributed by atoms with Crippen LogP contribution in [-0.4, -0.2) is 120 Å². The summed E-state index contributed by atoms with van der Waals surface area (Å²) >= 11 is 0. The summed E-state index contributed by atoms with van der Waals surface area (Å²) in [7, 11) is 0. The second-order valence-corrected chi connectivity index (χ2v) is 10.3. The van der Waals surface area contributed by atoms with Crippen LogP contribution in [0.1, 0.15) is 51.4 Å². The van der Waals surface area contributed by atoms with Crippen LogP contribution in [0.15, 0.2) is 0 Å². The third kappa shape index (κ3) is 4.42. The quantitative estimate of drug-likeness (QED) is 0.550. The minimum absolute atomic E-state index is 0.0247. The van der Waals surface area contributed by atoms with Gasteiger partial charge in [-0.2, -0.15) is 0 Å². The first kappa shape index (κ1) is 23.5. The molecule has 5 aliphatic rings. The summed E-state index contributed by atoms with van der Waals surface area (Å²) < 4.78 is 0. The van der Waals surface area contributed by atoms with E-state index in [9.17, 15) is 19.2 Å². The maximum absolute atomic E-state index is 13.7. The highest BCUT2D eigenvalue weighted by molar-refractivity contribution is 5.95. The van der Waals surface area contributed by atoms with Crippen molar-refractivity contribution >= 4 is 23.6 Å². The number of piperazine rings is 1. The zero-order chi connectivity index (χ0) is 23.7. The van der Waals surface area contributed by atoms with Crippen LogP contribution in [0.25, 0.3) is 0 Å². The molecule has 188 valence electrons. The summed E-state index contributed by atoms with van der Waals surface area (Å²) in [5, 5.41) is 6.51. The van der Waals surface area contributed by atoms with E-state index >= 15 is 0 Å². The number of rotatable bonds is 4. The van der Waals surface area contributed by atoms with Crippen molar-refractivity contribution in [3.8, 4) is 0 Å².